The first-order valence-electron chi connectivity index (χ1n) is 12.8. The predicted octanol–water partition coefficient (Wildman–Crippen LogP) is 3.58. The van der Waals surface area contributed by atoms with E-state index in [0.29, 0.717) is 5.92 Å². The Morgan fingerprint density at radius 3 is 1.89 bits per heavy atom. The van der Waals surface area contributed by atoms with Crippen LogP contribution in [-0.2, 0) is 39.0 Å². The number of aryl methyl sites for hydroxylation is 4. The van der Waals surface area contributed by atoms with Crippen LogP contribution in [0.2, 0.25) is 13.1 Å². The molecule has 0 heterocycles. The van der Waals surface area contributed by atoms with E-state index in [4.69, 9.17) is 0 Å². The Kier molecular flexibility index (Phi) is 15.8. The molecule has 0 spiro atoms. The molecule has 0 saturated heterocycles. The molecule has 0 N–H and O–H groups in total. The van der Waals surface area contributed by atoms with Gasteiger partial charge in [0.25, 0.3) is 0 Å². The van der Waals surface area contributed by atoms with Crippen LogP contribution in [0.15, 0.2) is 48.5 Å². The molecule has 0 nitrogen and oxygen atoms in total. The van der Waals surface area contributed by atoms with E-state index in [1.54, 1.807) is 11.1 Å². The summed E-state index contributed by atoms with van der Waals surface area (Å²) in [6.07, 6.45) is 3.78. The van der Waals surface area contributed by atoms with Gasteiger partial charge in [0.15, 0.2) is 0 Å². The Balaban J connectivity index is 0.000000737. The Labute approximate surface area is 260 Å². The Bertz CT molecular complexity index is 1240. The molecule has 5 rings (SSSR count). The zero-order chi connectivity index (χ0) is 25.0. The molecule has 0 atom stereocenters. The summed E-state index contributed by atoms with van der Waals surface area (Å²) in [5.74, 6) is 0.555. The quantitative estimate of drug-likeness (QED) is 0.235. The molecule has 4 aromatic carbocycles. The molecule has 0 saturated carbocycles. The van der Waals surface area contributed by atoms with Gasteiger partial charge < -0.3 is 24.8 Å². The molecule has 196 valence electrons. The first-order valence-corrected chi connectivity index (χ1v) is 14.8. The number of halogens is 2. The minimum Gasteiger partial charge on any atom is -1.00 e. The maximum atomic E-state index is 2.44. The summed E-state index contributed by atoms with van der Waals surface area (Å²) in [6.45, 7) is 19.8. The SMILES string of the molecule is C[Si]C.Cc1[cH-]c(C)c(C)c1C.Cc1cc2c(-c3ccccc3C(C)C)c3c(cc2[cH-]1)CCC3.[Cl-].[Cl-].[Zr+4]. The smallest absolute Gasteiger partial charge is 1.00 e. The fourth-order valence-electron chi connectivity index (χ4n) is 5.24. The molecule has 4 aromatic rings. The van der Waals surface area contributed by atoms with Crippen LogP contribution in [0, 0.1) is 34.6 Å². The zero-order valence-corrected chi connectivity index (χ0v) is 29.0. The van der Waals surface area contributed by atoms with Crippen LogP contribution in [-0.4, -0.2) is 9.52 Å². The third-order valence-electron chi connectivity index (χ3n) is 7.26. The van der Waals surface area contributed by atoms with Crippen molar-refractivity contribution in [2.75, 3.05) is 0 Å². The van der Waals surface area contributed by atoms with E-state index in [1.807, 2.05) is 0 Å². The fraction of sp³-hybridized carbons (Fsp3) is 0.394. The van der Waals surface area contributed by atoms with Crippen LogP contribution in [0.25, 0.3) is 21.9 Å². The summed E-state index contributed by atoms with van der Waals surface area (Å²) < 4.78 is 0. The normalized spacial score (nSPS) is 11.3. The molecular formula is C33H42Cl2SiZr. The maximum absolute atomic E-state index is 2.44. The Morgan fingerprint density at radius 1 is 0.811 bits per heavy atom. The van der Waals surface area contributed by atoms with Gasteiger partial charge in [0.2, 0.25) is 0 Å². The van der Waals surface area contributed by atoms with Crippen LogP contribution in [0.5, 0.6) is 0 Å². The predicted molar refractivity (Wildman–Crippen MR) is 154 cm³/mol. The average Bonchev–Trinajstić information content (AvgIpc) is 3.47. The van der Waals surface area contributed by atoms with Crippen LogP contribution in [0.1, 0.15) is 70.7 Å². The first-order chi connectivity index (χ1) is 16.2. The molecule has 0 aliphatic heterocycles. The van der Waals surface area contributed by atoms with Crippen molar-refractivity contribution in [3.05, 3.63) is 93.0 Å². The van der Waals surface area contributed by atoms with Crippen molar-refractivity contribution in [1.29, 1.82) is 0 Å². The monoisotopic (exact) mass is 626 g/mol. The zero-order valence-electron chi connectivity index (χ0n) is 24.1. The first kappa shape index (κ1) is 36.1. The number of rotatable bonds is 2. The average molecular weight is 629 g/mol. The van der Waals surface area contributed by atoms with E-state index in [1.165, 1.54) is 74.5 Å². The van der Waals surface area contributed by atoms with E-state index < -0.39 is 0 Å². The summed E-state index contributed by atoms with van der Waals surface area (Å²) in [6, 6.07) is 18.4. The minimum atomic E-state index is 0. The van der Waals surface area contributed by atoms with Gasteiger partial charge in [0, 0.05) is 9.52 Å². The van der Waals surface area contributed by atoms with Gasteiger partial charge >= 0.3 is 26.2 Å². The topological polar surface area (TPSA) is 0 Å². The standard InChI is InChI=1S/C22H23.C9H13.C2H6Si.2ClH.Zr/c1-14(2)18-8-4-5-9-20(18)22-19-10-6-7-16(19)13-17-11-15(3)12-21(17)22;1-6-5-7(2)9(4)8(6)3;1-3-2;;;/h4-5,8-9,11-14H,6-7,10H2,1-3H3;5H,1-4H3;1-2H3;2*1H;/q2*-1;;;;+4/p-2. The molecule has 0 bridgehead atoms. The van der Waals surface area contributed by atoms with E-state index in [9.17, 15) is 0 Å². The number of hydrogen-bond acceptors (Lipinski definition) is 0. The molecule has 4 heteroatoms. The fourth-order valence-corrected chi connectivity index (χ4v) is 5.24. The number of hydrogen-bond donors (Lipinski definition) is 0. The molecule has 0 unspecified atom stereocenters. The Hall–Kier alpha value is -0.920. The summed E-state index contributed by atoms with van der Waals surface area (Å²) in [5.41, 5.74) is 14.7. The van der Waals surface area contributed by atoms with E-state index in [-0.39, 0.29) is 51.0 Å². The largest absolute Gasteiger partial charge is 4.00 e. The van der Waals surface area contributed by atoms with Crippen molar-refractivity contribution >= 4 is 20.3 Å². The summed E-state index contributed by atoms with van der Waals surface area (Å²) >= 11 is 0. The van der Waals surface area contributed by atoms with E-state index >= 15 is 0 Å². The molecule has 0 amide bonds. The van der Waals surface area contributed by atoms with Crippen molar-refractivity contribution in [3.8, 4) is 11.1 Å². The molecule has 2 radical (unpaired) electrons. The number of fused-ring (bicyclic) bond motifs is 2. The van der Waals surface area contributed by atoms with Gasteiger partial charge in [0.1, 0.15) is 0 Å². The van der Waals surface area contributed by atoms with Crippen LogP contribution in [0.3, 0.4) is 0 Å². The van der Waals surface area contributed by atoms with E-state index in [2.05, 4.69) is 110 Å². The molecule has 1 aliphatic rings. The van der Waals surface area contributed by atoms with Crippen molar-refractivity contribution in [3.63, 3.8) is 0 Å². The molecule has 1 aliphatic carbocycles. The second-order valence-electron chi connectivity index (χ2n) is 10.3. The summed E-state index contributed by atoms with van der Waals surface area (Å²) in [4.78, 5) is 0. The third kappa shape index (κ3) is 8.28. The Morgan fingerprint density at radius 2 is 1.38 bits per heavy atom. The van der Waals surface area contributed by atoms with Crippen molar-refractivity contribution in [2.45, 2.75) is 86.7 Å². The van der Waals surface area contributed by atoms with Crippen molar-refractivity contribution < 1.29 is 51.0 Å². The van der Waals surface area contributed by atoms with Crippen molar-refractivity contribution in [1.82, 2.24) is 0 Å². The maximum Gasteiger partial charge on any atom is 4.00 e. The van der Waals surface area contributed by atoms with Gasteiger partial charge in [-0.3, -0.25) is 0 Å². The number of benzene rings is 2. The second-order valence-corrected chi connectivity index (χ2v) is 11.3. The third-order valence-corrected chi connectivity index (χ3v) is 7.26. The molecular weight excluding hydrogens is 587 g/mol. The van der Waals surface area contributed by atoms with Crippen LogP contribution in [0.4, 0.5) is 0 Å². The van der Waals surface area contributed by atoms with Crippen LogP contribution < -0.4 is 24.8 Å². The van der Waals surface area contributed by atoms with Crippen LogP contribution >= 0.6 is 0 Å². The summed E-state index contributed by atoms with van der Waals surface area (Å²) in [7, 11) is 1.08. The molecule has 37 heavy (non-hydrogen) atoms. The molecule has 0 aromatic heterocycles. The summed E-state index contributed by atoms with van der Waals surface area (Å²) in [5, 5.41) is 2.87. The molecule has 0 fully saturated rings. The van der Waals surface area contributed by atoms with Crippen molar-refractivity contribution in [2.24, 2.45) is 0 Å². The second kappa shape index (κ2) is 16.2. The van der Waals surface area contributed by atoms with Gasteiger partial charge in [-0.1, -0.05) is 103 Å². The van der Waals surface area contributed by atoms with Gasteiger partial charge in [-0.2, -0.15) is 34.4 Å². The van der Waals surface area contributed by atoms with Gasteiger partial charge in [-0.15, -0.1) is 28.5 Å². The minimum absolute atomic E-state index is 0. The van der Waals surface area contributed by atoms with Gasteiger partial charge in [0.05, 0.1) is 0 Å². The van der Waals surface area contributed by atoms with Gasteiger partial charge in [-0.05, 0) is 36.3 Å². The van der Waals surface area contributed by atoms with E-state index in [0.717, 1.165) is 9.52 Å². The van der Waals surface area contributed by atoms with Gasteiger partial charge in [-0.25, -0.2) is 0 Å².